The second-order valence-corrected chi connectivity index (χ2v) is 11.3. The van der Waals surface area contributed by atoms with E-state index < -0.39 is 15.6 Å². The number of aromatic nitrogens is 1. The van der Waals surface area contributed by atoms with E-state index in [0.29, 0.717) is 36.5 Å². The van der Waals surface area contributed by atoms with Gasteiger partial charge < -0.3 is 15.2 Å². The number of benzene rings is 1. The van der Waals surface area contributed by atoms with Crippen LogP contribution in [0.5, 0.6) is 0 Å². The van der Waals surface area contributed by atoms with Crippen molar-refractivity contribution in [1.29, 1.82) is 0 Å². The minimum Gasteiger partial charge on any atom is -0.352 e. The maximum atomic E-state index is 13.3. The summed E-state index contributed by atoms with van der Waals surface area (Å²) < 4.78 is 28.0. The van der Waals surface area contributed by atoms with Gasteiger partial charge in [-0.15, -0.1) is 0 Å². The third-order valence-corrected chi connectivity index (χ3v) is 8.43. The Labute approximate surface area is 196 Å². The van der Waals surface area contributed by atoms with Crippen LogP contribution in [0.2, 0.25) is 0 Å². The number of pyridine rings is 1. The smallest absolute Gasteiger partial charge is 0.252 e. The fourth-order valence-electron chi connectivity index (χ4n) is 4.56. The van der Waals surface area contributed by atoms with E-state index in [1.807, 2.05) is 0 Å². The van der Waals surface area contributed by atoms with Crippen LogP contribution in [0.1, 0.15) is 50.9 Å². The molecule has 1 aromatic heterocycles. The summed E-state index contributed by atoms with van der Waals surface area (Å²) in [4.78, 5) is 29.5. The first kappa shape index (κ1) is 25.4. The Morgan fingerprint density at radius 1 is 1.27 bits per heavy atom. The fraction of sp³-hybridized carbons (Fsp3) is 0.583. The minimum atomic E-state index is -3.68. The molecule has 0 saturated carbocycles. The van der Waals surface area contributed by atoms with Crippen LogP contribution in [0.25, 0.3) is 10.9 Å². The molecule has 3 rings (SSSR count). The molecule has 0 bridgehead atoms. The van der Waals surface area contributed by atoms with Gasteiger partial charge in [0, 0.05) is 42.5 Å². The quantitative estimate of drug-likeness (QED) is 0.506. The second kappa shape index (κ2) is 10.8. The summed E-state index contributed by atoms with van der Waals surface area (Å²) in [5.41, 5.74) is 0.244. The summed E-state index contributed by atoms with van der Waals surface area (Å²) >= 11 is 0. The Bertz CT molecular complexity index is 1140. The Kier molecular flexibility index (Phi) is 8.31. The van der Waals surface area contributed by atoms with Crippen LogP contribution in [-0.2, 0) is 10.0 Å². The van der Waals surface area contributed by atoms with Crippen LogP contribution in [0, 0.1) is 11.8 Å². The van der Waals surface area contributed by atoms with E-state index in [1.54, 1.807) is 6.07 Å². The molecule has 1 aliphatic heterocycles. The summed E-state index contributed by atoms with van der Waals surface area (Å²) in [5, 5.41) is 3.36. The standard InChI is InChI=1S/C24H36N4O4S/c1-5-27(6-2)15-18(4)14-25-24(30)21-13-23(29)26-22-10-9-19(12-20(21)22)33(31,32)28-11-7-8-17(3)16-28/h9-10,12-13,17-18H,5-8,11,14-16H2,1-4H3,(H,25,30)(H,26,29)/p+1. The highest BCUT2D eigenvalue weighted by Gasteiger charge is 2.29. The van der Waals surface area contributed by atoms with Crippen LogP contribution < -0.4 is 15.8 Å². The number of nitrogens with zero attached hydrogens (tertiary/aromatic N) is 1. The van der Waals surface area contributed by atoms with Crippen LogP contribution >= 0.6 is 0 Å². The number of hydrogen-bond acceptors (Lipinski definition) is 4. The third-order valence-electron chi connectivity index (χ3n) is 6.56. The molecule has 2 aromatic rings. The molecule has 1 aliphatic rings. The zero-order valence-corrected chi connectivity index (χ0v) is 20.9. The van der Waals surface area contributed by atoms with Crippen molar-refractivity contribution in [3.8, 4) is 0 Å². The van der Waals surface area contributed by atoms with E-state index >= 15 is 0 Å². The summed E-state index contributed by atoms with van der Waals surface area (Å²) in [6.45, 7) is 12.9. The normalized spacial score (nSPS) is 18.5. The van der Waals surface area contributed by atoms with Gasteiger partial charge in [0.1, 0.15) is 0 Å². The zero-order chi connectivity index (χ0) is 24.2. The lowest BCUT2D eigenvalue weighted by atomic mass is 10.0. The number of H-pyrrole nitrogens is 1. The van der Waals surface area contributed by atoms with Crippen molar-refractivity contribution in [3.63, 3.8) is 0 Å². The molecular formula is C24H37N4O4S+. The van der Waals surface area contributed by atoms with Gasteiger partial charge in [-0.2, -0.15) is 4.31 Å². The molecule has 182 valence electrons. The maximum absolute atomic E-state index is 13.3. The van der Waals surface area contributed by atoms with Crippen molar-refractivity contribution in [2.24, 2.45) is 11.8 Å². The highest BCUT2D eigenvalue weighted by atomic mass is 32.2. The topological polar surface area (TPSA) is 104 Å². The van der Waals surface area contributed by atoms with E-state index in [0.717, 1.165) is 32.5 Å². The lowest BCUT2D eigenvalue weighted by molar-refractivity contribution is -0.899. The Balaban J connectivity index is 1.87. The van der Waals surface area contributed by atoms with Crippen molar-refractivity contribution in [2.75, 3.05) is 39.3 Å². The van der Waals surface area contributed by atoms with E-state index in [1.165, 1.54) is 27.4 Å². The molecule has 1 fully saturated rings. The van der Waals surface area contributed by atoms with Gasteiger partial charge in [0.05, 0.1) is 30.1 Å². The molecule has 0 radical (unpaired) electrons. The summed E-state index contributed by atoms with van der Waals surface area (Å²) in [7, 11) is -3.68. The van der Waals surface area contributed by atoms with Crippen molar-refractivity contribution in [1.82, 2.24) is 14.6 Å². The number of aromatic amines is 1. The first-order valence-corrected chi connectivity index (χ1v) is 13.4. The number of amides is 1. The molecule has 1 saturated heterocycles. The van der Waals surface area contributed by atoms with Gasteiger partial charge in [0.25, 0.3) is 5.91 Å². The van der Waals surface area contributed by atoms with Crippen LogP contribution in [0.4, 0.5) is 0 Å². The van der Waals surface area contributed by atoms with E-state index in [-0.39, 0.29) is 22.3 Å². The zero-order valence-electron chi connectivity index (χ0n) is 20.1. The van der Waals surface area contributed by atoms with Crippen molar-refractivity contribution < 1.29 is 18.1 Å². The van der Waals surface area contributed by atoms with Gasteiger partial charge in [-0.1, -0.05) is 13.8 Å². The molecule has 9 heteroatoms. The van der Waals surface area contributed by atoms with Gasteiger partial charge in [-0.25, -0.2) is 8.42 Å². The average molecular weight is 478 g/mol. The largest absolute Gasteiger partial charge is 0.352 e. The highest BCUT2D eigenvalue weighted by molar-refractivity contribution is 7.89. The van der Waals surface area contributed by atoms with Crippen molar-refractivity contribution >= 4 is 26.8 Å². The van der Waals surface area contributed by atoms with E-state index in [2.05, 4.69) is 38.0 Å². The summed E-state index contributed by atoms with van der Waals surface area (Å²) in [6, 6.07) is 5.83. The van der Waals surface area contributed by atoms with Gasteiger partial charge >= 0.3 is 0 Å². The first-order valence-electron chi connectivity index (χ1n) is 11.9. The third kappa shape index (κ3) is 6.02. The van der Waals surface area contributed by atoms with Crippen molar-refractivity contribution in [3.05, 3.63) is 40.2 Å². The van der Waals surface area contributed by atoms with Crippen LogP contribution in [-0.4, -0.2) is 62.9 Å². The fourth-order valence-corrected chi connectivity index (χ4v) is 6.19. The monoisotopic (exact) mass is 477 g/mol. The molecule has 0 aliphatic carbocycles. The van der Waals surface area contributed by atoms with Crippen molar-refractivity contribution in [2.45, 2.75) is 45.4 Å². The molecule has 2 unspecified atom stereocenters. The lowest BCUT2D eigenvalue weighted by Gasteiger charge is -2.30. The first-order chi connectivity index (χ1) is 15.6. The second-order valence-electron chi connectivity index (χ2n) is 9.34. The van der Waals surface area contributed by atoms with Gasteiger partial charge in [0.2, 0.25) is 15.6 Å². The molecule has 1 aromatic carbocycles. The summed E-state index contributed by atoms with van der Waals surface area (Å²) in [6.07, 6.45) is 1.85. The molecule has 3 N–H and O–H groups in total. The minimum absolute atomic E-state index is 0.142. The lowest BCUT2D eigenvalue weighted by Crippen LogP contribution is -3.12. The highest BCUT2D eigenvalue weighted by Crippen LogP contribution is 2.26. The molecule has 8 nitrogen and oxygen atoms in total. The van der Waals surface area contributed by atoms with Gasteiger partial charge in [-0.05, 0) is 50.8 Å². The predicted octanol–water partition coefficient (Wildman–Crippen LogP) is 1.24. The van der Waals surface area contributed by atoms with E-state index in [4.69, 9.17) is 0 Å². The van der Waals surface area contributed by atoms with Crippen LogP contribution in [0.15, 0.2) is 34.0 Å². The SMILES string of the molecule is CC[NH+](CC)CC(C)CNC(=O)c1cc(=O)[nH]c2ccc(S(=O)(=O)N3CCCC(C)C3)cc12. The Morgan fingerprint density at radius 3 is 2.67 bits per heavy atom. The number of piperidine rings is 1. The number of hydrogen-bond donors (Lipinski definition) is 3. The summed E-state index contributed by atoms with van der Waals surface area (Å²) in [5.74, 6) is 0.217. The number of carbonyl (C=O) groups excluding carboxylic acids is 1. The predicted molar refractivity (Wildman–Crippen MR) is 130 cm³/mol. The number of carbonyl (C=O) groups is 1. The Hall–Kier alpha value is -2.23. The molecular weight excluding hydrogens is 440 g/mol. The molecule has 0 spiro atoms. The number of fused-ring (bicyclic) bond motifs is 1. The van der Waals surface area contributed by atoms with E-state index in [9.17, 15) is 18.0 Å². The molecule has 33 heavy (non-hydrogen) atoms. The van der Waals surface area contributed by atoms with Gasteiger partial charge in [-0.3, -0.25) is 9.59 Å². The Morgan fingerprint density at radius 2 is 2.00 bits per heavy atom. The number of sulfonamides is 1. The average Bonchev–Trinajstić information content (AvgIpc) is 2.80. The number of nitrogens with one attached hydrogen (secondary N) is 3. The molecule has 2 atom stereocenters. The molecule has 2 heterocycles. The number of quaternary nitrogens is 1. The number of rotatable bonds is 9. The molecule has 1 amide bonds. The van der Waals surface area contributed by atoms with Gasteiger partial charge in [0.15, 0.2) is 0 Å². The van der Waals surface area contributed by atoms with Crippen LogP contribution in [0.3, 0.4) is 0 Å². The maximum Gasteiger partial charge on any atom is 0.252 e.